The lowest BCUT2D eigenvalue weighted by molar-refractivity contribution is 1.22. The number of fused-ring (bicyclic) bond motifs is 1. The van der Waals surface area contributed by atoms with Gasteiger partial charge in [-0.05, 0) is 25.5 Å². The first-order valence-corrected chi connectivity index (χ1v) is 3.86. The van der Waals surface area contributed by atoms with Gasteiger partial charge in [-0.2, -0.15) is 0 Å². The van der Waals surface area contributed by atoms with Gasteiger partial charge in [0.25, 0.3) is 5.56 Å². The van der Waals surface area contributed by atoms with Gasteiger partial charge in [-0.15, -0.1) is 0 Å². The van der Waals surface area contributed by atoms with Gasteiger partial charge in [0.05, 0.1) is 0 Å². The molecular weight excluding hydrogens is 152 g/mol. The van der Waals surface area contributed by atoms with E-state index in [1.807, 2.05) is 19.9 Å². The van der Waals surface area contributed by atoms with E-state index < -0.39 is 0 Å². The average Bonchev–Trinajstić information content (AvgIpc) is 2.32. The molecule has 2 aromatic heterocycles. The predicted octanol–water partition coefficient (Wildman–Crippen LogP) is 1.47. The van der Waals surface area contributed by atoms with Gasteiger partial charge in [0.2, 0.25) is 0 Å². The lowest BCUT2D eigenvalue weighted by Gasteiger charge is -1.88. The summed E-state index contributed by atoms with van der Waals surface area (Å²) in [7, 11) is 0. The fourth-order valence-corrected chi connectivity index (χ4v) is 1.40. The normalized spacial score (nSPS) is 10.8. The van der Waals surface area contributed by atoms with Crippen LogP contribution in [0.5, 0.6) is 0 Å². The van der Waals surface area contributed by atoms with Crippen LogP contribution in [0, 0.1) is 13.8 Å². The highest BCUT2D eigenvalue weighted by molar-refractivity contribution is 5.83. The molecule has 12 heavy (non-hydrogen) atoms. The van der Waals surface area contributed by atoms with Gasteiger partial charge in [-0.3, -0.25) is 4.79 Å². The van der Waals surface area contributed by atoms with Crippen molar-refractivity contribution in [1.82, 2.24) is 9.97 Å². The summed E-state index contributed by atoms with van der Waals surface area (Å²) in [5, 5.41) is 1.01. The minimum absolute atomic E-state index is 0.0521. The fraction of sp³-hybridized carbons (Fsp3) is 0.222. The molecule has 0 aliphatic heterocycles. The Morgan fingerprint density at radius 1 is 1.33 bits per heavy atom. The van der Waals surface area contributed by atoms with Crippen molar-refractivity contribution < 1.29 is 0 Å². The first-order valence-electron chi connectivity index (χ1n) is 3.86. The molecule has 0 saturated heterocycles. The van der Waals surface area contributed by atoms with Gasteiger partial charge >= 0.3 is 0 Å². The Labute approximate surface area is 69.4 Å². The molecule has 0 fully saturated rings. The van der Waals surface area contributed by atoms with Gasteiger partial charge in [-0.1, -0.05) is 0 Å². The van der Waals surface area contributed by atoms with Crippen LogP contribution in [0.4, 0.5) is 0 Å². The summed E-state index contributed by atoms with van der Waals surface area (Å²) in [6.45, 7) is 3.97. The largest absolute Gasteiger partial charge is 0.354 e. The summed E-state index contributed by atoms with van der Waals surface area (Å²) in [4.78, 5) is 16.9. The van der Waals surface area contributed by atoms with E-state index in [0.29, 0.717) is 5.52 Å². The third-order valence-electron chi connectivity index (χ3n) is 2.24. The van der Waals surface area contributed by atoms with Crippen LogP contribution in [0.1, 0.15) is 11.3 Å². The number of hydrogen-bond acceptors (Lipinski definition) is 1. The number of H-pyrrole nitrogens is 2. The van der Waals surface area contributed by atoms with Crippen LogP contribution in [0.3, 0.4) is 0 Å². The zero-order valence-electron chi connectivity index (χ0n) is 7.06. The molecule has 62 valence electrons. The van der Waals surface area contributed by atoms with Crippen molar-refractivity contribution in [3.63, 3.8) is 0 Å². The van der Waals surface area contributed by atoms with Crippen LogP contribution in [0.25, 0.3) is 10.9 Å². The fourth-order valence-electron chi connectivity index (χ4n) is 1.40. The van der Waals surface area contributed by atoms with Crippen molar-refractivity contribution in [3.8, 4) is 0 Å². The molecule has 0 aliphatic carbocycles. The average molecular weight is 162 g/mol. The van der Waals surface area contributed by atoms with E-state index in [4.69, 9.17) is 0 Å². The highest BCUT2D eigenvalue weighted by Crippen LogP contribution is 2.16. The van der Waals surface area contributed by atoms with Gasteiger partial charge in [0.15, 0.2) is 0 Å². The van der Waals surface area contributed by atoms with Gasteiger partial charge in [-0.25, -0.2) is 0 Å². The van der Waals surface area contributed by atoms with E-state index in [1.54, 1.807) is 6.20 Å². The number of rotatable bonds is 0. The summed E-state index contributed by atoms with van der Waals surface area (Å²) in [5.41, 5.74) is 2.83. The molecular formula is C9H10N2O. The molecule has 3 nitrogen and oxygen atoms in total. The van der Waals surface area contributed by atoms with Crippen LogP contribution in [-0.2, 0) is 0 Å². The molecule has 0 bridgehead atoms. The van der Waals surface area contributed by atoms with Crippen LogP contribution < -0.4 is 5.56 Å². The lowest BCUT2D eigenvalue weighted by atomic mass is 10.2. The predicted molar refractivity (Wildman–Crippen MR) is 48.4 cm³/mol. The molecule has 3 heteroatoms. The van der Waals surface area contributed by atoms with Crippen LogP contribution in [0.15, 0.2) is 17.1 Å². The Kier molecular flexibility index (Phi) is 1.33. The maximum absolute atomic E-state index is 11.3. The van der Waals surface area contributed by atoms with E-state index in [9.17, 15) is 4.79 Å². The van der Waals surface area contributed by atoms with E-state index in [1.165, 1.54) is 0 Å². The molecule has 2 aromatic rings. The maximum Gasteiger partial charge on any atom is 0.272 e. The summed E-state index contributed by atoms with van der Waals surface area (Å²) in [6.07, 6.45) is 1.67. The molecule has 0 spiro atoms. The molecule has 0 radical (unpaired) electrons. The number of hydrogen-bond donors (Lipinski definition) is 2. The second-order valence-corrected chi connectivity index (χ2v) is 2.97. The number of nitrogens with one attached hydrogen (secondary N) is 2. The summed E-state index contributed by atoms with van der Waals surface area (Å²) in [6, 6.07) is 1.91. The topological polar surface area (TPSA) is 48.6 Å². The van der Waals surface area contributed by atoms with Gasteiger partial charge in [0.1, 0.15) is 5.52 Å². The number of aromatic amines is 2. The molecule has 2 rings (SSSR count). The Balaban J connectivity index is 3.05. The number of pyridine rings is 1. The van der Waals surface area contributed by atoms with Crippen molar-refractivity contribution in [3.05, 3.63) is 33.9 Å². The molecule has 0 saturated carbocycles. The third kappa shape index (κ3) is 0.794. The van der Waals surface area contributed by atoms with Crippen molar-refractivity contribution in [1.29, 1.82) is 0 Å². The smallest absolute Gasteiger partial charge is 0.272 e. The van der Waals surface area contributed by atoms with Crippen molar-refractivity contribution in [2.45, 2.75) is 13.8 Å². The lowest BCUT2D eigenvalue weighted by Crippen LogP contribution is -2.03. The molecule has 0 unspecified atom stereocenters. The summed E-state index contributed by atoms with van der Waals surface area (Å²) >= 11 is 0. The summed E-state index contributed by atoms with van der Waals surface area (Å²) in [5.74, 6) is 0. The first-order chi connectivity index (χ1) is 5.70. The second-order valence-electron chi connectivity index (χ2n) is 2.97. The third-order valence-corrected chi connectivity index (χ3v) is 2.24. The Hall–Kier alpha value is -1.51. The highest BCUT2D eigenvalue weighted by atomic mass is 16.1. The molecule has 0 aliphatic rings. The minimum Gasteiger partial charge on any atom is -0.354 e. The van der Waals surface area contributed by atoms with Crippen LogP contribution in [-0.4, -0.2) is 9.97 Å². The SMILES string of the molecule is Cc1[nH]c2c(=O)[nH]ccc2c1C. The Morgan fingerprint density at radius 3 is 2.75 bits per heavy atom. The number of aromatic nitrogens is 2. The second kappa shape index (κ2) is 2.24. The molecule has 0 amide bonds. The zero-order valence-corrected chi connectivity index (χ0v) is 7.06. The quantitative estimate of drug-likeness (QED) is 0.605. The zero-order chi connectivity index (χ0) is 8.72. The van der Waals surface area contributed by atoms with Gasteiger partial charge < -0.3 is 9.97 Å². The van der Waals surface area contributed by atoms with Crippen molar-refractivity contribution in [2.75, 3.05) is 0 Å². The standard InChI is InChI=1S/C9H10N2O/c1-5-6(2)11-8-7(5)3-4-10-9(8)12/h3-4,11H,1-2H3,(H,10,12). The van der Waals surface area contributed by atoms with Crippen LogP contribution >= 0.6 is 0 Å². The molecule has 0 atom stereocenters. The van der Waals surface area contributed by atoms with E-state index >= 15 is 0 Å². The Bertz CT molecular complexity index is 479. The van der Waals surface area contributed by atoms with Crippen molar-refractivity contribution >= 4 is 10.9 Å². The Morgan fingerprint density at radius 2 is 2.08 bits per heavy atom. The molecule has 2 N–H and O–H groups in total. The molecule has 2 heterocycles. The van der Waals surface area contributed by atoms with Gasteiger partial charge in [0, 0.05) is 17.3 Å². The van der Waals surface area contributed by atoms with E-state index in [-0.39, 0.29) is 5.56 Å². The maximum atomic E-state index is 11.3. The highest BCUT2D eigenvalue weighted by Gasteiger charge is 2.04. The minimum atomic E-state index is -0.0521. The summed E-state index contributed by atoms with van der Waals surface area (Å²) < 4.78 is 0. The molecule has 0 aromatic carbocycles. The van der Waals surface area contributed by atoms with E-state index in [2.05, 4.69) is 9.97 Å². The monoisotopic (exact) mass is 162 g/mol. The van der Waals surface area contributed by atoms with E-state index in [0.717, 1.165) is 16.6 Å². The number of aryl methyl sites for hydroxylation is 2. The first kappa shape index (κ1) is 7.16. The van der Waals surface area contributed by atoms with Crippen molar-refractivity contribution in [2.24, 2.45) is 0 Å². The van der Waals surface area contributed by atoms with Crippen LogP contribution in [0.2, 0.25) is 0 Å².